The Morgan fingerprint density at radius 1 is 1.32 bits per heavy atom. The standard InChI is InChI=1S/C15H25N3O/c1-16-10-13-5-9-19-15(13)12-17-8-4-14(11-17)18-6-2-3-7-18/h5,9,14,16H,2-4,6-8,10-12H2,1H3. The molecule has 1 N–H and O–H groups in total. The number of hydrogen-bond donors (Lipinski definition) is 1. The Kier molecular flexibility index (Phi) is 4.21. The zero-order chi connectivity index (χ0) is 13.1. The summed E-state index contributed by atoms with van der Waals surface area (Å²) in [6, 6.07) is 2.87. The molecule has 1 unspecified atom stereocenters. The van der Waals surface area contributed by atoms with Crippen molar-refractivity contribution < 1.29 is 4.42 Å². The fourth-order valence-corrected chi connectivity index (χ4v) is 3.42. The molecule has 0 spiro atoms. The number of hydrogen-bond acceptors (Lipinski definition) is 4. The van der Waals surface area contributed by atoms with E-state index in [1.54, 1.807) is 0 Å². The minimum atomic E-state index is 0.783. The molecule has 19 heavy (non-hydrogen) atoms. The van der Waals surface area contributed by atoms with Crippen molar-refractivity contribution in [2.75, 3.05) is 33.2 Å². The summed E-state index contributed by atoms with van der Waals surface area (Å²) in [6.07, 6.45) is 5.92. The van der Waals surface area contributed by atoms with E-state index in [2.05, 4.69) is 21.2 Å². The van der Waals surface area contributed by atoms with E-state index in [1.165, 1.54) is 51.0 Å². The summed E-state index contributed by atoms with van der Waals surface area (Å²) in [5.74, 6) is 1.14. The molecule has 2 fully saturated rings. The van der Waals surface area contributed by atoms with Crippen LogP contribution >= 0.6 is 0 Å². The van der Waals surface area contributed by atoms with Crippen LogP contribution in [0.25, 0.3) is 0 Å². The molecule has 3 rings (SSSR count). The van der Waals surface area contributed by atoms with Gasteiger partial charge in [-0.25, -0.2) is 0 Å². The summed E-state index contributed by atoms with van der Waals surface area (Å²) >= 11 is 0. The Hall–Kier alpha value is -0.840. The largest absolute Gasteiger partial charge is 0.468 e. The number of rotatable bonds is 5. The highest BCUT2D eigenvalue weighted by Gasteiger charge is 2.29. The molecule has 3 heterocycles. The van der Waals surface area contributed by atoms with Crippen LogP contribution in [0, 0.1) is 0 Å². The van der Waals surface area contributed by atoms with Crippen molar-refractivity contribution >= 4 is 0 Å². The molecule has 0 aromatic carbocycles. The molecule has 1 aromatic heterocycles. The third-order valence-corrected chi connectivity index (χ3v) is 4.48. The second-order valence-electron chi connectivity index (χ2n) is 5.82. The van der Waals surface area contributed by atoms with Crippen molar-refractivity contribution in [1.82, 2.24) is 15.1 Å². The lowest BCUT2D eigenvalue weighted by molar-refractivity contribution is 0.223. The zero-order valence-electron chi connectivity index (χ0n) is 11.9. The van der Waals surface area contributed by atoms with Gasteiger partial charge in [-0.15, -0.1) is 0 Å². The first-order valence-electron chi connectivity index (χ1n) is 7.53. The van der Waals surface area contributed by atoms with Crippen LogP contribution in [-0.4, -0.2) is 49.1 Å². The summed E-state index contributed by atoms with van der Waals surface area (Å²) in [5, 5.41) is 3.20. The first-order valence-corrected chi connectivity index (χ1v) is 7.53. The monoisotopic (exact) mass is 263 g/mol. The smallest absolute Gasteiger partial charge is 0.122 e. The molecule has 2 aliphatic rings. The van der Waals surface area contributed by atoms with Gasteiger partial charge in [-0.1, -0.05) is 0 Å². The molecule has 0 saturated carbocycles. The highest BCUT2D eigenvalue weighted by molar-refractivity contribution is 5.17. The van der Waals surface area contributed by atoms with E-state index < -0.39 is 0 Å². The summed E-state index contributed by atoms with van der Waals surface area (Å²) in [6.45, 7) is 6.90. The lowest BCUT2D eigenvalue weighted by Crippen LogP contribution is -2.35. The molecule has 0 radical (unpaired) electrons. The maximum Gasteiger partial charge on any atom is 0.122 e. The van der Waals surface area contributed by atoms with E-state index in [9.17, 15) is 0 Å². The molecule has 0 aliphatic carbocycles. The average molecular weight is 263 g/mol. The van der Waals surface area contributed by atoms with Crippen LogP contribution < -0.4 is 5.32 Å². The Bertz CT molecular complexity index is 398. The normalized spacial score (nSPS) is 25.4. The molecule has 0 amide bonds. The van der Waals surface area contributed by atoms with Crippen molar-refractivity contribution in [2.45, 2.75) is 38.4 Å². The van der Waals surface area contributed by atoms with Crippen LogP contribution in [0.5, 0.6) is 0 Å². The van der Waals surface area contributed by atoms with Crippen LogP contribution in [0.2, 0.25) is 0 Å². The first kappa shape index (κ1) is 13.2. The molecule has 0 bridgehead atoms. The van der Waals surface area contributed by atoms with Gasteiger partial charge in [0.05, 0.1) is 12.8 Å². The third kappa shape index (κ3) is 3.02. The van der Waals surface area contributed by atoms with Gasteiger partial charge in [0.1, 0.15) is 5.76 Å². The molecule has 4 heteroatoms. The average Bonchev–Trinajstić information content (AvgIpc) is 3.12. The van der Waals surface area contributed by atoms with Crippen molar-refractivity contribution in [3.05, 3.63) is 23.7 Å². The van der Waals surface area contributed by atoms with E-state index in [-0.39, 0.29) is 0 Å². The van der Waals surface area contributed by atoms with E-state index in [0.717, 1.165) is 24.9 Å². The van der Waals surface area contributed by atoms with Gasteiger partial charge >= 0.3 is 0 Å². The van der Waals surface area contributed by atoms with Gasteiger partial charge in [-0.3, -0.25) is 9.80 Å². The van der Waals surface area contributed by atoms with Crippen LogP contribution in [-0.2, 0) is 13.1 Å². The molecule has 1 atom stereocenters. The fraction of sp³-hybridized carbons (Fsp3) is 0.733. The molecule has 4 nitrogen and oxygen atoms in total. The number of nitrogens with one attached hydrogen (secondary N) is 1. The lowest BCUT2D eigenvalue weighted by atomic mass is 10.2. The van der Waals surface area contributed by atoms with E-state index in [4.69, 9.17) is 4.42 Å². The maximum absolute atomic E-state index is 5.64. The molecule has 106 valence electrons. The van der Waals surface area contributed by atoms with E-state index in [1.807, 2.05) is 13.3 Å². The van der Waals surface area contributed by atoms with Gasteiger partial charge in [0.25, 0.3) is 0 Å². The summed E-state index contributed by atoms with van der Waals surface area (Å²) in [7, 11) is 1.98. The minimum absolute atomic E-state index is 0.783. The second kappa shape index (κ2) is 6.07. The minimum Gasteiger partial charge on any atom is -0.468 e. The van der Waals surface area contributed by atoms with Gasteiger partial charge in [-0.05, 0) is 45.5 Å². The Balaban J connectivity index is 1.54. The molecule has 2 saturated heterocycles. The van der Waals surface area contributed by atoms with Crippen molar-refractivity contribution in [3.8, 4) is 0 Å². The van der Waals surface area contributed by atoms with Crippen LogP contribution in [0.1, 0.15) is 30.6 Å². The molecule has 2 aliphatic heterocycles. The zero-order valence-corrected chi connectivity index (χ0v) is 11.9. The van der Waals surface area contributed by atoms with Gasteiger partial charge in [0.15, 0.2) is 0 Å². The summed E-state index contributed by atoms with van der Waals surface area (Å²) < 4.78 is 5.64. The Labute approximate surface area is 115 Å². The highest BCUT2D eigenvalue weighted by Crippen LogP contribution is 2.23. The fourth-order valence-electron chi connectivity index (χ4n) is 3.42. The summed E-state index contributed by atoms with van der Waals surface area (Å²) in [4.78, 5) is 5.22. The second-order valence-corrected chi connectivity index (χ2v) is 5.82. The van der Waals surface area contributed by atoms with Gasteiger partial charge in [0.2, 0.25) is 0 Å². The SMILES string of the molecule is CNCc1ccoc1CN1CCC(N2CCCC2)C1. The van der Waals surface area contributed by atoms with Crippen molar-refractivity contribution in [2.24, 2.45) is 0 Å². The van der Waals surface area contributed by atoms with Crippen LogP contribution in [0.4, 0.5) is 0 Å². The van der Waals surface area contributed by atoms with Gasteiger partial charge < -0.3 is 9.73 Å². The van der Waals surface area contributed by atoms with Gasteiger partial charge in [0, 0.05) is 31.2 Å². The lowest BCUT2D eigenvalue weighted by Gasteiger charge is -2.23. The summed E-state index contributed by atoms with van der Waals surface area (Å²) in [5.41, 5.74) is 1.30. The maximum atomic E-state index is 5.64. The van der Waals surface area contributed by atoms with Crippen molar-refractivity contribution in [1.29, 1.82) is 0 Å². The topological polar surface area (TPSA) is 31.7 Å². The van der Waals surface area contributed by atoms with Gasteiger partial charge in [-0.2, -0.15) is 0 Å². The van der Waals surface area contributed by atoms with Crippen molar-refractivity contribution in [3.63, 3.8) is 0 Å². The Morgan fingerprint density at radius 3 is 2.95 bits per heavy atom. The molecule has 1 aromatic rings. The molecular weight excluding hydrogens is 238 g/mol. The number of nitrogens with zero attached hydrogens (tertiary/aromatic N) is 2. The highest BCUT2D eigenvalue weighted by atomic mass is 16.3. The quantitative estimate of drug-likeness (QED) is 0.875. The van der Waals surface area contributed by atoms with E-state index in [0.29, 0.717) is 0 Å². The van der Waals surface area contributed by atoms with Crippen LogP contribution in [0.3, 0.4) is 0 Å². The number of likely N-dealkylation sites (tertiary alicyclic amines) is 2. The first-order chi connectivity index (χ1) is 9.36. The third-order valence-electron chi connectivity index (χ3n) is 4.48. The predicted molar refractivity (Wildman–Crippen MR) is 76.0 cm³/mol. The molecular formula is C15H25N3O. The van der Waals surface area contributed by atoms with E-state index >= 15 is 0 Å². The number of furan rings is 1. The Morgan fingerprint density at radius 2 is 2.16 bits per heavy atom. The predicted octanol–water partition coefficient (Wildman–Crippen LogP) is 1.67. The van der Waals surface area contributed by atoms with Crippen LogP contribution in [0.15, 0.2) is 16.7 Å².